The molecule has 3 aromatic rings. The smallest absolute Gasteiger partial charge is 0.359 e. The van der Waals surface area contributed by atoms with E-state index >= 15 is 0 Å². The minimum Gasteiger partial charge on any atom is -0.464 e. The van der Waals surface area contributed by atoms with Gasteiger partial charge in [-0.15, -0.1) is 0 Å². The van der Waals surface area contributed by atoms with Gasteiger partial charge in [0.15, 0.2) is 11.3 Å². The number of rotatable bonds is 4. The number of aromatic nitrogens is 3. The summed E-state index contributed by atoms with van der Waals surface area (Å²) in [6, 6.07) is 8.46. The molecule has 0 N–H and O–H groups in total. The third kappa shape index (κ3) is 3.09. The minimum atomic E-state index is -1.45. The van der Waals surface area contributed by atoms with Crippen LogP contribution in [0.4, 0.5) is 4.39 Å². The summed E-state index contributed by atoms with van der Waals surface area (Å²) in [6.45, 7) is 1.29. The summed E-state index contributed by atoms with van der Waals surface area (Å²) < 4.78 is 25.2. The fourth-order valence-electron chi connectivity index (χ4n) is 2.31. The molecule has 3 rings (SSSR count). The Labute approximate surface area is 145 Å². The maximum Gasteiger partial charge on any atom is 0.359 e. The quantitative estimate of drug-likeness (QED) is 0.632. The molecule has 0 bridgehead atoms. The molecule has 124 valence electrons. The number of halogens is 2. The van der Waals surface area contributed by atoms with Gasteiger partial charge in [-0.3, -0.25) is 0 Å². The van der Waals surface area contributed by atoms with Crippen molar-refractivity contribution in [3.8, 4) is 11.4 Å². The van der Waals surface area contributed by atoms with E-state index in [1.165, 1.54) is 18.7 Å². The molecule has 0 spiro atoms. The van der Waals surface area contributed by atoms with Crippen LogP contribution < -0.4 is 4.74 Å². The van der Waals surface area contributed by atoms with Gasteiger partial charge >= 0.3 is 5.97 Å². The van der Waals surface area contributed by atoms with Crippen molar-refractivity contribution < 1.29 is 18.7 Å². The first-order chi connectivity index (χ1) is 11.5. The lowest BCUT2D eigenvalue weighted by Gasteiger charge is -2.10. The van der Waals surface area contributed by atoms with Crippen molar-refractivity contribution in [3.63, 3.8) is 0 Å². The molecule has 0 radical (unpaired) electrons. The number of methoxy groups -OCH3 is 1. The monoisotopic (exact) mass is 393 g/mol. The van der Waals surface area contributed by atoms with Gasteiger partial charge in [0.2, 0.25) is 6.36 Å². The zero-order chi connectivity index (χ0) is 17.3. The fourth-order valence-corrected chi connectivity index (χ4v) is 2.77. The summed E-state index contributed by atoms with van der Waals surface area (Å²) in [5.74, 6) is -0.232. The van der Waals surface area contributed by atoms with E-state index in [0.717, 1.165) is 0 Å². The number of benzene rings is 1. The summed E-state index contributed by atoms with van der Waals surface area (Å²) in [5, 5.41) is 4.86. The molecule has 0 saturated heterocycles. The highest BCUT2D eigenvalue weighted by Gasteiger charge is 2.19. The predicted octanol–water partition coefficient (Wildman–Crippen LogP) is 3.66. The van der Waals surface area contributed by atoms with Crippen LogP contribution in [-0.2, 0) is 4.74 Å². The van der Waals surface area contributed by atoms with Crippen molar-refractivity contribution in [2.24, 2.45) is 0 Å². The molecule has 8 heteroatoms. The summed E-state index contributed by atoms with van der Waals surface area (Å²) in [4.78, 5) is 16.2. The Morgan fingerprint density at radius 3 is 2.88 bits per heavy atom. The summed E-state index contributed by atoms with van der Waals surface area (Å²) in [5.41, 5.74) is 1.20. The molecular formula is C16H13BrFN3O3. The maximum atomic E-state index is 13.1. The van der Waals surface area contributed by atoms with E-state index in [4.69, 9.17) is 9.47 Å². The molecule has 0 fully saturated rings. The number of carbonyl (C=O) groups excluding carboxylic acids is 1. The van der Waals surface area contributed by atoms with E-state index in [9.17, 15) is 9.18 Å². The number of alkyl halides is 1. The van der Waals surface area contributed by atoms with Gasteiger partial charge < -0.3 is 9.47 Å². The van der Waals surface area contributed by atoms with Crippen molar-refractivity contribution in [2.75, 3.05) is 7.11 Å². The molecule has 24 heavy (non-hydrogen) atoms. The molecule has 1 atom stereocenters. The zero-order valence-electron chi connectivity index (χ0n) is 12.9. The number of ether oxygens (including phenoxy) is 2. The van der Waals surface area contributed by atoms with Gasteiger partial charge in [0.05, 0.1) is 18.2 Å². The number of carbonyl (C=O) groups is 1. The second-order valence-corrected chi connectivity index (χ2v) is 5.85. The molecular weight excluding hydrogens is 381 g/mol. The van der Waals surface area contributed by atoms with Crippen LogP contribution in [0.5, 0.6) is 5.75 Å². The minimum absolute atomic E-state index is 0.155. The first-order valence-electron chi connectivity index (χ1n) is 7.03. The van der Waals surface area contributed by atoms with Gasteiger partial charge in [-0.2, -0.15) is 5.10 Å². The predicted molar refractivity (Wildman–Crippen MR) is 89.1 cm³/mol. The van der Waals surface area contributed by atoms with Crippen LogP contribution in [0.15, 0.2) is 41.0 Å². The van der Waals surface area contributed by atoms with Crippen LogP contribution in [0.2, 0.25) is 0 Å². The number of pyridine rings is 1. The SMILES string of the molecule is COC(=O)c1nn(-c2cc(Br)cc(OC(C)F)c2)c2ncccc12. The Kier molecular flexibility index (Phi) is 4.48. The largest absolute Gasteiger partial charge is 0.464 e. The highest BCUT2D eigenvalue weighted by atomic mass is 79.9. The van der Waals surface area contributed by atoms with Gasteiger partial charge in [-0.1, -0.05) is 15.9 Å². The lowest BCUT2D eigenvalue weighted by Crippen LogP contribution is -2.06. The van der Waals surface area contributed by atoms with Crippen molar-refractivity contribution >= 4 is 32.9 Å². The van der Waals surface area contributed by atoms with Crippen LogP contribution in [0.25, 0.3) is 16.7 Å². The van der Waals surface area contributed by atoms with Crippen LogP contribution in [0, 0.1) is 0 Å². The molecule has 0 saturated carbocycles. The zero-order valence-corrected chi connectivity index (χ0v) is 14.4. The highest BCUT2D eigenvalue weighted by molar-refractivity contribution is 9.10. The van der Waals surface area contributed by atoms with E-state index in [1.807, 2.05) is 0 Å². The van der Waals surface area contributed by atoms with Crippen molar-refractivity contribution in [2.45, 2.75) is 13.3 Å². The number of fused-ring (bicyclic) bond motifs is 1. The van der Waals surface area contributed by atoms with E-state index in [-0.39, 0.29) is 5.69 Å². The average Bonchev–Trinajstić information content (AvgIpc) is 2.92. The standard InChI is InChI=1S/C16H13BrFN3O3/c1-9(18)24-12-7-10(17)6-11(8-12)21-15-13(4-3-5-19-15)14(20-21)16(22)23-2/h3-9H,1-2H3. The molecule has 0 aliphatic carbocycles. The molecule has 2 heterocycles. The van der Waals surface area contributed by atoms with Crippen molar-refractivity contribution in [3.05, 3.63) is 46.7 Å². The van der Waals surface area contributed by atoms with Crippen LogP contribution in [0.3, 0.4) is 0 Å². The van der Waals surface area contributed by atoms with Gasteiger partial charge in [0.1, 0.15) is 5.75 Å². The average molecular weight is 394 g/mol. The molecule has 2 aromatic heterocycles. The highest BCUT2D eigenvalue weighted by Crippen LogP contribution is 2.27. The second kappa shape index (κ2) is 6.56. The molecule has 0 aliphatic heterocycles. The van der Waals surface area contributed by atoms with E-state index in [0.29, 0.717) is 26.9 Å². The second-order valence-electron chi connectivity index (χ2n) is 4.93. The Morgan fingerprint density at radius 2 is 2.17 bits per heavy atom. The van der Waals surface area contributed by atoms with Crippen LogP contribution >= 0.6 is 15.9 Å². The van der Waals surface area contributed by atoms with E-state index in [1.54, 1.807) is 36.5 Å². The molecule has 1 unspecified atom stereocenters. The fraction of sp³-hybridized carbons (Fsp3) is 0.188. The number of hydrogen-bond acceptors (Lipinski definition) is 5. The van der Waals surface area contributed by atoms with Gasteiger partial charge in [0, 0.05) is 23.7 Å². The van der Waals surface area contributed by atoms with Gasteiger partial charge in [-0.05, 0) is 24.3 Å². The summed E-state index contributed by atoms with van der Waals surface area (Å²) >= 11 is 3.36. The summed E-state index contributed by atoms with van der Waals surface area (Å²) in [7, 11) is 1.29. The Hall–Kier alpha value is -2.48. The van der Waals surface area contributed by atoms with Crippen molar-refractivity contribution in [1.82, 2.24) is 14.8 Å². The van der Waals surface area contributed by atoms with Gasteiger partial charge in [0.25, 0.3) is 0 Å². The lowest BCUT2D eigenvalue weighted by molar-refractivity contribution is 0.0595. The Balaban J connectivity index is 2.19. The summed E-state index contributed by atoms with van der Waals surface area (Å²) in [6.07, 6.45) is 0.144. The normalized spacial score (nSPS) is 12.2. The number of hydrogen-bond donors (Lipinski definition) is 0. The number of nitrogens with zero attached hydrogens (tertiary/aromatic N) is 3. The molecule has 0 amide bonds. The Bertz CT molecular complexity index is 911. The molecule has 0 aliphatic rings. The Morgan fingerprint density at radius 1 is 1.38 bits per heavy atom. The first kappa shape index (κ1) is 16.4. The topological polar surface area (TPSA) is 66.2 Å². The van der Waals surface area contributed by atoms with E-state index < -0.39 is 12.3 Å². The lowest BCUT2D eigenvalue weighted by atomic mass is 10.2. The maximum absolute atomic E-state index is 13.1. The number of esters is 1. The first-order valence-corrected chi connectivity index (χ1v) is 7.82. The van der Waals surface area contributed by atoms with Crippen LogP contribution in [-0.4, -0.2) is 34.2 Å². The van der Waals surface area contributed by atoms with Gasteiger partial charge in [-0.25, -0.2) is 18.9 Å². The third-order valence-corrected chi connectivity index (χ3v) is 3.68. The molecule has 6 nitrogen and oxygen atoms in total. The van der Waals surface area contributed by atoms with Crippen LogP contribution in [0.1, 0.15) is 17.4 Å². The third-order valence-electron chi connectivity index (χ3n) is 3.22. The van der Waals surface area contributed by atoms with E-state index in [2.05, 4.69) is 26.0 Å². The van der Waals surface area contributed by atoms with Crippen molar-refractivity contribution in [1.29, 1.82) is 0 Å². The molecule has 1 aromatic carbocycles.